The Hall–Kier alpha value is -2.36. The Kier molecular flexibility index (Phi) is 5.30. The van der Waals surface area contributed by atoms with E-state index in [0.29, 0.717) is 10.7 Å². The molecule has 0 aliphatic heterocycles. The maximum atomic E-state index is 10.0. The lowest BCUT2D eigenvalue weighted by Gasteiger charge is -2.16. The summed E-state index contributed by atoms with van der Waals surface area (Å²) in [6, 6.07) is 17.8. The Morgan fingerprint density at radius 3 is 2.42 bits per heavy atom. The van der Waals surface area contributed by atoms with Crippen LogP contribution in [0.15, 0.2) is 60.8 Å². The van der Waals surface area contributed by atoms with Crippen LogP contribution >= 0.6 is 11.6 Å². The smallest absolute Gasteiger partial charge is 0.126 e. The highest BCUT2D eigenvalue weighted by Gasteiger charge is 2.17. The van der Waals surface area contributed by atoms with E-state index in [0.717, 1.165) is 34.4 Å². The van der Waals surface area contributed by atoms with Crippen molar-refractivity contribution in [3.63, 3.8) is 0 Å². The molecular weight excluding hydrogens is 346 g/mol. The zero-order valence-electron chi connectivity index (χ0n) is 15.2. The molecule has 0 saturated heterocycles. The van der Waals surface area contributed by atoms with E-state index in [1.165, 1.54) is 0 Å². The number of hydrogen-bond donors (Lipinski definition) is 1. The lowest BCUT2D eigenvalue weighted by Crippen LogP contribution is -2.17. The van der Waals surface area contributed by atoms with Gasteiger partial charge in [-0.2, -0.15) is 0 Å². The van der Waals surface area contributed by atoms with E-state index in [4.69, 9.17) is 16.3 Å². The van der Waals surface area contributed by atoms with E-state index in [2.05, 4.69) is 17.1 Å². The molecule has 0 aliphatic rings. The first-order chi connectivity index (χ1) is 12.4. The first-order valence-corrected chi connectivity index (χ1v) is 8.85. The minimum atomic E-state index is -0.932. The van der Waals surface area contributed by atoms with Crippen molar-refractivity contribution in [3.05, 3.63) is 82.6 Å². The van der Waals surface area contributed by atoms with Gasteiger partial charge in [0.05, 0.1) is 12.8 Å². The van der Waals surface area contributed by atoms with Crippen LogP contribution in [0.25, 0.3) is 11.1 Å². The van der Waals surface area contributed by atoms with Crippen molar-refractivity contribution in [2.45, 2.75) is 25.9 Å². The fourth-order valence-electron chi connectivity index (χ4n) is 2.87. The number of pyridine rings is 1. The molecule has 0 fully saturated rings. The van der Waals surface area contributed by atoms with Gasteiger partial charge in [-0.15, -0.1) is 0 Å². The molecule has 134 valence electrons. The van der Waals surface area contributed by atoms with Gasteiger partial charge in [0, 0.05) is 16.8 Å². The zero-order valence-corrected chi connectivity index (χ0v) is 15.9. The number of methoxy groups -OCH3 is 1. The average molecular weight is 368 g/mol. The number of benzene rings is 2. The molecule has 0 bridgehead atoms. The Morgan fingerprint density at radius 1 is 1.04 bits per heavy atom. The summed E-state index contributed by atoms with van der Waals surface area (Å²) >= 11 is 6.14. The largest absolute Gasteiger partial charge is 0.496 e. The monoisotopic (exact) mass is 367 g/mol. The fraction of sp³-hybridized carbons (Fsp3) is 0.227. The summed E-state index contributed by atoms with van der Waals surface area (Å²) in [6.07, 6.45) is 2.56. The number of aliphatic hydroxyl groups is 1. The predicted molar refractivity (Wildman–Crippen MR) is 106 cm³/mol. The van der Waals surface area contributed by atoms with Gasteiger partial charge in [-0.25, -0.2) is 0 Å². The van der Waals surface area contributed by atoms with E-state index in [1.807, 2.05) is 48.7 Å². The number of ether oxygens (including phenoxy) is 1. The first kappa shape index (κ1) is 18.4. The van der Waals surface area contributed by atoms with Crippen LogP contribution in [0, 0.1) is 0 Å². The number of nitrogens with zero attached hydrogens (tertiary/aromatic N) is 1. The summed E-state index contributed by atoms with van der Waals surface area (Å²) in [5.41, 5.74) is 3.99. The van der Waals surface area contributed by atoms with Crippen LogP contribution in [-0.4, -0.2) is 17.2 Å². The molecule has 1 aromatic heterocycles. The van der Waals surface area contributed by atoms with Crippen LogP contribution in [0.4, 0.5) is 0 Å². The molecule has 3 nitrogen and oxygen atoms in total. The van der Waals surface area contributed by atoms with E-state index < -0.39 is 5.60 Å². The van der Waals surface area contributed by atoms with Gasteiger partial charge in [0.15, 0.2) is 0 Å². The number of aromatic nitrogens is 1. The van der Waals surface area contributed by atoms with Gasteiger partial charge < -0.3 is 9.84 Å². The molecule has 0 spiro atoms. The molecule has 3 aromatic rings. The molecule has 3 rings (SSSR count). The van der Waals surface area contributed by atoms with Crippen molar-refractivity contribution in [2.75, 3.05) is 7.11 Å². The second kappa shape index (κ2) is 7.48. The summed E-state index contributed by atoms with van der Waals surface area (Å²) < 4.78 is 5.51. The van der Waals surface area contributed by atoms with E-state index >= 15 is 0 Å². The Bertz CT molecular complexity index is 899. The molecule has 0 aliphatic carbocycles. The van der Waals surface area contributed by atoms with Gasteiger partial charge in [0.2, 0.25) is 0 Å². The minimum Gasteiger partial charge on any atom is -0.496 e. The normalized spacial score (nSPS) is 11.4. The van der Waals surface area contributed by atoms with E-state index in [9.17, 15) is 5.11 Å². The van der Waals surface area contributed by atoms with Crippen molar-refractivity contribution < 1.29 is 9.84 Å². The molecule has 0 radical (unpaired) electrons. The van der Waals surface area contributed by atoms with Gasteiger partial charge in [0.1, 0.15) is 11.4 Å². The average Bonchev–Trinajstić information content (AvgIpc) is 2.61. The lowest BCUT2D eigenvalue weighted by atomic mass is 9.98. The number of hydrogen-bond acceptors (Lipinski definition) is 3. The summed E-state index contributed by atoms with van der Waals surface area (Å²) in [6.45, 7) is 3.46. The molecule has 0 atom stereocenters. The summed E-state index contributed by atoms with van der Waals surface area (Å²) in [4.78, 5) is 4.38. The quantitative estimate of drug-likeness (QED) is 0.671. The highest BCUT2D eigenvalue weighted by molar-refractivity contribution is 6.30. The van der Waals surface area contributed by atoms with Gasteiger partial charge in [-0.3, -0.25) is 4.98 Å². The van der Waals surface area contributed by atoms with Crippen molar-refractivity contribution in [3.8, 4) is 16.9 Å². The third-order valence-corrected chi connectivity index (χ3v) is 4.49. The van der Waals surface area contributed by atoms with Crippen molar-refractivity contribution in [1.29, 1.82) is 0 Å². The summed E-state index contributed by atoms with van der Waals surface area (Å²) in [5.74, 6) is 0.812. The SMILES string of the molecule is COc1ccc(Cc2ccc(C(C)(C)O)nc2)cc1-c1cccc(Cl)c1. The van der Waals surface area contributed by atoms with Crippen LogP contribution in [-0.2, 0) is 12.0 Å². The third kappa shape index (κ3) is 4.24. The van der Waals surface area contributed by atoms with Crippen molar-refractivity contribution in [2.24, 2.45) is 0 Å². The first-order valence-electron chi connectivity index (χ1n) is 8.47. The third-order valence-electron chi connectivity index (χ3n) is 4.26. The van der Waals surface area contributed by atoms with E-state index in [1.54, 1.807) is 21.0 Å². The second-order valence-corrected chi connectivity index (χ2v) is 7.27. The maximum absolute atomic E-state index is 10.0. The highest BCUT2D eigenvalue weighted by atomic mass is 35.5. The Balaban J connectivity index is 1.91. The molecule has 26 heavy (non-hydrogen) atoms. The Morgan fingerprint density at radius 2 is 1.81 bits per heavy atom. The molecule has 0 unspecified atom stereocenters. The van der Waals surface area contributed by atoms with Gasteiger partial charge in [-0.05, 0) is 67.3 Å². The zero-order chi connectivity index (χ0) is 18.7. The molecule has 0 saturated carbocycles. The van der Waals surface area contributed by atoms with Crippen LogP contribution < -0.4 is 4.74 Å². The van der Waals surface area contributed by atoms with Crippen molar-refractivity contribution >= 4 is 11.6 Å². The highest BCUT2D eigenvalue weighted by Crippen LogP contribution is 2.33. The molecule has 0 amide bonds. The van der Waals surface area contributed by atoms with Gasteiger partial charge >= 0.3 is 0 Å². The van der Waals surface area contributed by atoms with Crippen LogP contribution in [0.3, 0.4) is 0 Å². The summed E-state index contributed by atoms with van der Waals surface area (Å²) in [7, 11) is 1.67. The standard InChI is InChI=1S/C22H22ClNO2/c1-22(2,25)21-10-8-16(14-24-21)11-15-7-9-20(26-3)19(12-15)17-5-4-6-18(23)13-17/h4-10,12-14,25H,11H2,1-3H3. The molecule has 1 heterocycles. The van der Waals surface area contributed by atoms with Gasteiger partial charge in [0.25, 0.3) is 0 Å². The fourth-order valence-corrected chi connectivity index (χ4v) is 3.06. The number of rotatable bonds is 5. The maximum Gasteiger partial charge on any atom is 0.126 e. The predicted octanol–water partition coefficient (Wildman–Crippen LogP) is 5.23. The van der Waals surface area contributed by atoms with Crippen LogP contribution in [0.2, 0.25) is 5.02 Å². The molecule has 2 aromatic carbocycles. The second-order valence-electron chi connectivity index (χ2n) is 6.83. The molecule has 4 heteroatoms. The van der Waals surface area contributed by atoms with Gasteiger partial charge in [-0.1, -0.05) is 35.9 Å². The van der Waals surface area contributed by atoms with Crippen LogP contribution in [0.5, 0.6) is 5.75 Å². The minimum absolute atomic E-state index is 0.663. The molecular formula is C22H22ClNO2. The lowest BCUT2D eigenvalue weighted by molar-refractivity contribution is 0.0738. The van der Waals surface area contributed by atoms with Crippen molar-refractivity contribution in [1.82, 2.24) is 4.98 Å². The molecule has 1 N–H and O–H groups in total. The van der Waals surface area contributed by atoms with E-state index in [-0.39, 0.29) is 0 Å². The van der Waals surface area contributed by atoms with Crippen LogP contribution in [0.1, 0.15) is 30.7 Å². The Labute approximate surface area is 159 Å². The topological polar surface area (TPSA) is 42.4 Å². The summed E-state index contributed by atoms with van der Waals surface area (Å²) in [5, 5.41) is 10.7. The number of halogens is 1.